The fourth-order valence-electron chi connectivity index (χ4n) is 4.94. The number of para-hydroxylation sites is 1. The number of benzene rings is 2. The number of ether oxygens (including phenoxy) is 1. The number of aromatic nitrogens is 1. The molecule has 5 rings (SSSR count). The normalized spacial score (nSPS) is 17.8. The molecule has 0 bridgehead atoms. The van der Waals surface area contributed by atoms with E-state index in [1.54, 1.807) is 24.1 Å². The van der Waals surface area contributed by atoms with Gasteiger partial charge < -0.3 is 19.2 Å². The highest BCUT2D eigenvalue weighted by Gasteiger charge is 2.38. The van der Waals surface area contributed by atoms with Gasteiger partial charge in [-0.1, -0.05) is 24.3 Å². The maximum Gasteiger partial charge on any atom is 0.336 e. The van der Waals surface area contributed by atoms with Crippen molar-refractivity contribution < 1.29 is 23.8 Å². The van der Waals surface area contributed by atoms with E-state index >= 15 is 0 Å². The molecule has 1 unspecified atom stereocenters. The highest BCUT2D eigenvalue weighted by Crippen LogP contribution is 2.38. The van der Waals surface area contributed by atoms with Crippen LogP contribution < -0.4 is 4.74 Å². The zero-order valence-electron chi connectivity index (χ0n) is 20.5. The fraction of sp³-hybridized carbons (Fsp3) is 0.321. The van der Waals surface area contributed by atoms with Gasteiger partial charge in [0.05, 0.1) is 22.9 Å². The van der Waals surface area contributed by atoms with Crippen LogP contribution in [0.15, 0.2) is 46.9 Å². The lowest BCUT2D eigenvalue weighted by molar-refractivity contribution is -0.142. The van der Waals surface area contributed by atoms with E-state index in [-0.39, 0.29) is 29.5 Å². The summed E-state index contributed by atoms with van der Waals surface area (Å²) in [5, 5.41) is 11.6. The summed E-state index contributed by atoms with van der Waals surface area (Å²) in [7, 11) is 1.80. The van der Waals surface area contributed by atoms with Gasteiger partial charge in [-0.05, 0) is 51.5 Å². The lowest BCUT2D eigenvalue weighted by Gasteiger charge is -2.43. The van der Waals surface area contributed by atoms with Crippen molar-refractivity contribution >= 4 is 33.7 Å². The van der Waals surface area contributed by atoms with Crippen molar-refractivity contribution in [1.82, 2.24) is 9.88 Å². The second-order valence-corrected chi connectivity index (χ2v) is 9.93. The number of pyridine rings is 1. The molecule has 1 amide bonds. The molecule has 0 aliphatic carbocycles. The third-order valence-corrected chi connectivity index (χ3v) is 7.14. The zero-order valence-corrected chi connectivity index (χ0v) is 20.5. The standard InChI is InChI=1S/C28H28N2O5/c1-15-10-11-22(34-17-12-23(31)30(5)28(3,4)14-17)24-19(27(32)33)13-20(29-25(15)24)26-16(2)18-8-6-7-9-21(18)35-26/h6-11,13,17H,12,14H2,1-5H3,(H,32,33). The molecule has 1 atom stereocenters. The van der Waals surface area contributed by atoms with Gasteiger partial charge in [0.15, 0.2) is 5.76 Å². The minimum absolute atomic E-state index is 0.00176. The van der Waals surface area contributed by atoms with Crippen LogP contribution in [0, 0.1) is 13.8 Å². The summed E-state index contributed by atoms with van der Waals surface area (Å²) in [6, 6.07) is 12.9. The number of furan rings is 1. The Bertz CT molecular complexity index is 1500. The van der Waals surface area contributed by atoms with Crippen LogP contribution in [0.1, 0.15) is 48.2 Å². The number of hydrogen-bond donors (Lipinski definition) is 1. The van der Waals surface area contributed by atoms with Gasteiger partial charge in [-0.2, -0.15) is 0 Å². The maximum absolute atomic E-state index is 12.5. The number of nitrogens with zero attached hydrogens (tertiary/aromatic N) is 2. The first-order chi connectivity index (χ1) is 16.6. The van der Waals surface area contributed by atoms with Crippen LogP contribution in [0.25, 0.3) is 33.3 Å². The van der Waals surface area contributed by atoms with Gasteiger partial charge >= 0.3 is 5.97 Å². The number of carbonyl (C=O) groups excluding carboxylic acids is 1. The highest BCUT2D eigenvalue weighted by atomic mass is 16.5. The number of piperidine rings is 1. The number of rotatable bonds is 4. The van der Waals surface area contributed by atoms with Crippen LogP contribution in [-0.2, 0) is 4.79 Å². The smallest absolute Gasteiger partial charge is 0.336 e. The molecule has 1 aliphatic rings. The first kappa shape index (κ1) is 22.9. The molecular formula is C28H28N2O5. The zero-order chi connectivity index (χ0) is 25.1. The molecular weight excluding hydrogens is 444 g/mol. The molecule has 4 aromatic rings. The molecule has 35 heavy (non-hydrogen) atoms. The van der Waals surface area contributed by atoms with E-state index < -0.39 is 5.97 Å². The third kappa shape index (κ3) is 3.81. The molecule has 0 saturated carbocycles. The molecule has 7 heteroatoms. The average Bonchev–Trinajstić information content (AvgIpc) is 3.15. The van der Waals surface area contributed by atoms with E-state index in [1.807, 2.05) is 58.0 Å². The largest absolute Gasteiger partial charge is 0.489 e. The summed E-state index contributed by atoms with van der Waals surface area (Å²) in [5.74, 6) is -0.116. The Labute approximate surface area is 203 Å². The SMILES string of the molecule is Cc1c(-c2cc(C(=O)O)c3c(OC4CC(=O)N(C)C(C)(C)C4)ccc(C)c3n2)oc2ccccc12. The van der Waals surface area contributed by atoms with Crippen LogP contribution in [0.2, 0.25) is 0 Å². The van der Waals surface area contributed by atoms with Crippen molar-refractivity contribution in [2.24, 2.45) is 0 Å². The van der Waals surface area contributed by atoms with E-state index in [0.717, 1.165) is 22.1 Å². The molecule has 0 radical (unpaired) electrons. The molecule has 1 N–H and O–H groups in total. The first-order valence-electron chi connectivity index (χ1n) is 11.7. The molecule has 2 aromatic heterocycles. The Kier molecular flexibility index (Phi) is 5.31. The molecule has 1 saturated heterocycles. The van der Waals surface area contributed by atoms with Gasteiger partial charge in [0.1, 0.15) is 23.1 Å². The second kappa shape index (κ2) is 8.12. The lowest BCUT2D eigenvalue weighted by atomic mass is 9.88. The van der Waals surface area contributed by atoms with Crippen LogP contribution in [0.3, 0.4) is 0 Å². The van der Waals surface area contributed by atoms with Crippen LogP contribution >= 0.6 is 0 Å². The number of carbonyl (C=O) groups is 2. The van der Waals surface area contributed by atoms with E-state index in [9.17, 15) is 14.7 Å². The minimum Gasteiger partial charge on any atom is -0.489 e. The van der Waals surface area contributed by atoms with E-state index in [0.29, 0.717) is 34.5 Å². The second-order valence-electron chi connectivity index (χ2n) is 9.93. The minimum atomic E-state index is -1.08. The van der Waals surface area contributed by atoms with Crippen molar-refractivity contribution in [1.29, 1.82) is 0 Å². The molecule has 3 heterocycles. The molecule has 1 aliphatic heterocycles. The van der Waals surface area contributed by atoms with Gasteiger partial charge in [-0.3, -0.25) is 4.79 Å². The molecule has 7 nitrogen and oxygen atoms in total. The van der Waals surface area contributed by atoms with Gasteiger partial charge in [-0.15, -0.1) is 0 Å². The molecule has 0 spiro atoms. The number of fused-ring (bicyclic) bond motifs is 2. The third-order valence-electron chi connectivity index (χ3n) is 7.14. The van der Waals surface area contributed by atoms with E-state index in [1.165, 1.54) is 0 Å². The van der Waals surface area contributed by atoms with Crippen molar-refractivity contribution in [3.8, 4) is 17.2 Å². The predicted molar refractivity (Wildman–Crippen MR) is 134 cm³/mol. The van der Waals surface area contributed by atoms with Crippen LogP contribution in [0.4, 0.5) is 0 Å². The monoisotopic (exact) mass is 472 g/mol. The summed E-state index contributed by atoms with van der Waals surface area (Å²) in [5.41, 5.74) is 3.17. The number of aryl methyl sites for hydroxylation is 2. The van der Waals surface area contributed by atoms with Crippen LogP contribution in [-0.4, -0.2) is 45.6 Å². The van der Waals surface area contributed by atoms with Crippen molar-refractivity contribution in [2.75, 3.05) is 7.05 Å². The number of carboxylic acid groups (broad SMARTS) is 1. The number of amides is 1. The molecule has 180 valence electrons. The van der Waals surface area contributed by atoms with Crippen LogP contribution in [0.5, 0.6) is 5.75 Å². The van der Waals surface area contributed by atoms with Crippen molar-refractivity contribution in [2.45, 2.75) is 52.2 Å². The summed E-state index contributed by atoms with van der Waals surface area (Å²) in [6.07, 6.45) is 0.511. The summed E-state index contributed by atoms with van der Waals surface area (Å²) in [4.78, 5) is 31.6. The number of carboxylic acids is 1. The fourth-order valence-corrected chi connectivity index (χ4v) is 4.94. The van der Waals surface area contributed by atoms with Crippen molar-refractivity contribution in [3.05, 3.63) is 59.2 Å². The Morgan fingerprint density at radius 2 is 1.94 bits per heavy atom. The van der Waals surface area contributed by atoms with Gasteiger partial charge in [0, 0.05) is 30.0 Å². The van der Waals surface area contributed by atoms with Gasteiger partial charge in [0.25, 0.3) is 0 Å². The highest BCUT2D eigenvalue weighted by molar-refractivity contribution is 6.07. The predicted octanol–water partition coefficient (Wildman–Crippen LogP) is 5.74. The Hall–Kier alpha value is -3.87. The average molecular weight is 473 g/mol. The lowest BCUT2D eigenvalue weighted by Crippen LogP contribution is -2.53. The first-order valence-corrected chi connectivity index (χ1v) is 11.7. The summed E-state index contributed by atoms with van der Waals surface area (Å²) in [6.45, 7) is 7.83. The summed E-state index contributed by atoms with van der Waals surface area (Å²) >= 11 is 0. The Morgan fingerprint density at radius 1 is 1.20 bits per heavy atom. The number of likely N-dealkylation sites (tertiary alicyclic amines) is 1. The summed E-state index contributed by atoms with van der Waals surface area (Å²) < 4.78 is 12.4. The molecule has 1 fully saturated rings. The van der Waals surface area contributed by atoms with Crippen molar-refractivity contribution in [3.63, 3.8) is 0 Å². The molecule has 2 aromatic carbocycles. The van der Waals surface area contributed by atoms with E-state index in [4.69, 9.17) is 14.1 Å². The van der Waals surface area contributed by atoms with Gasteiger partial charge in [0.2, 0.25) is 5.91 Å². The number of hydrogen-bond acceptors (Lipinski definition) is 5. The maximum atomic E-state index is 12.5. The Balaban J connectivity index is 1.65. The topological polar surface area (TPSA) is 92.9 Å². The number of aromatic carboxylic acids is 1. The van der Waals surface area contributed by atoms with Gasteiger partial charge in [-0.25, -0.2) is 9.78 Å². The Morgan fingerprint density at radius 3 is 2.63 bits per heavy atom. The van der Waals surface area contributed by atoms with E-state index in [2.05, 4.69) is 0 Å². The quantitative estimate of drug-likeness (QED) is 0.407.